The van der Waals surface area contributed by atoms with Crippen LogP contribution < -0.4 is 9.80 Å². The van der Waals surface area contributed by atoms with E-state index in [0.717, 1.165) is 24.0 Å². The van der Waals surface area contributed by atoms with Gasteiger partial charge in [-0.1, -0.05) is 61.5 Å². The highest BCUT2D eigenvalue weighted by atomic mass is 31.1. The molecule has 5 rings (SSSR count). The smallest absolute Gasteiger partial charge is 0.0532 e. The molecule has 3 aromatic carbocycles. The minimum atomic E-state index is -0.730. The van der Waals surface area contributed by atoms with E-state index in [-0.39, 0.29) is 0 Å². The molecule has 36 heavy (non-hydrogen) atoms. The summed E-state index contributed by atoms with van der Waals surface area (Å²) in [7, 11) is 7.51. The van der Waals surface area contributed by atoms with E-state index >= 15 is 0 Å². The molecule has 0 saturated heterocycles. The fourth-order valence-corrected chi connectivity index (χ4v) is 7.27. The standard InChI is InChI=1S/C33H31N2P/c1-34(2)27-19-13-25(14-20-27)17-23-32-30-11-8-12-31(30)33(36(32)29-9-6-5-7-10-29)24-18-26-15-21-28(22-16-26)35(3)4/h5-7,9-10,13-16,19-22H,8,11-12H2,1-4H3. The van der Waals surface area contributed by atoms with Gasteiger partial charge in [-0.3, -0.25) is 0 Å². The highest BCUT2D eigenvalue weighted by Gasteiger charge is 2.26. The molecule has 1 aromatic heterocycles. The third-order valence-electron chi connectivity index (χ3n) is 6.67. The molecule has 0 spiro atoms. The van der Waals surface area contributed by atoms with Gasteiger partial charge in [0.25, 0.3) is 0 Å². The maximum atomic E-state index is 3.64. The van der Waals surface area contributed by atoms with E-state index in [1.165, 1.54) is 44.8 Å². The van der Waals surface area contributed by atoms with Gasteiger partial charge in [0.2, 0.25) is 0 Å². The lowest BCUT2D eigenvalue weighted by Gasteiger charge is -2.11. The minimum Gasteiger partial charge on any atom is -0.378 e. The van der Waals surface area contributed by atoms with Crippen molar-refractivity contribution in [2.75, 3.05) is 38.0 Å². The lowest BCUT2D eigenvalue weighted by Crippen LogP contribution is -2.07. The van der Waals surface area contributed by atoms with Crippen molar-refractivity contribution < 1.29 is 0 Å². The van der Waals surface area contributed by atoms with Crippen LogP contribution in [0.25, 0.3) is 5.30 Å². The average molecular weight is 487 g/mol. The Kier molecular flexibility index (Phi) is 6.91. The van der Waals surface area contributed by atoms with Crippen LogP contribution in [0, 0.1) is 23.7 Å². The number of fused-ring (bicyclic) bond motifs is 1. The number of hydrogen-bond donors (Lipinski definition) is 0. The lowest BCUT2D eigenvalue weighted by atomic mass is 10.1. The number of nitrogens with zero attached hydrogens (tertiary/aromatic N) is 2. The van der Waals surface area contributed by atoms with Crippen molar-refractivity contribution in [2.24, 2.45) is 0 Å². The predicted molar refractivity (Wildman–Crippen MR) is 156 cm³/mol. The summed E-state index contributed by atoms with van der Waals surface area (Å²) in [6.07, 6.45) is 3.40. The molecular weight excluding hydrogens is 455 g/mol. The number of benzene rings is 3. The van der Waals surface area contributed by atoms with Gasteiger partial charge in [0, 0.05) is 56.0 Å². The summed E-state index contributed by atoms with van der Waals surface area (Å²) in [5.41, 5.74) is 7.38. The first-order valence-corrected chi connectivity index (χ1v) is 13.8. The molecule has 1 heterocycles. The Balaban J connectivity index is 1.61. The van der Waals surface area contributed by atoms with Gasteiger partial charge in [0.15, 0.2) is 0 Å². The molecule has 0 N–H and O–H groups in total. The van der Waals surface area contributed by atoms with Crippen LogP contribution in [0.3, 0.4) is 0 Å². The van der Waals surface area contributed by atoms with E-state index in [1.54, 1.807) is 0 Å². The van der Waals surface area contributed by atoms with Crippen LogP contribution in [0.4, 0.5) is 11.4 Å². The Morgan fingerprint density at radius 2 is 1.00 bits per heavy atom. The second-order valence-corrected chi connectivity index (χ2v) is 11.6. The first kappa shape index (κ1) is 23.9. The summed E-state index contributed by atoms with van der Waals surface area (Å²) >= 11 is 0. The van der Waals surface area contributed by atoms with E-state index in [2.05, 4.69) is 141 Å². The Morgan fingerprint density at radius 3 is 1.42 bits per heavy atom. The van der Waals surface area contributed by atoms with E-state index in [4.69, 9.17) is 0 Å². The minimum absolute atomic E-state index is 0.730. The van der Waals surface area contributed by atoms with Gasteiger partial charge in [-0.25, -0.2) is 0 Å². The van der Waals surface area contributed by atoms with Gasteiger partial charge in [-0.05, 0) is 78.9 Å². The normalized spacial score (nSPS) is 11.7. The van der Waals surface area contributed by atoms with Crippen molar-refractivity contribution in [3.63, 3.8) is 0 Å². The van der Waals surface area contributed by atoms with Crippen LogP contribution in [0.1, 0.15) is 39.3 Å². The van der Waals surface area contributed by atoms with Crippen molar-refractivity contribution in [2.45, 2.75) is 19.3 Å². The van der Waals surface area contributed by atoms with Crippen LogP contribution in [-0.2, 0) is 12.8 Å². The molecule has 0 saturated carbocycles. The maximum Gasteiger partial charge on any atom is 0.0532 e. The highest BCUT2D eigenvalue weighted by Crippen LogP contribution is 2.53. The van der Waals surface area contributed by atoms with E-state index in [1.807, 2.05) is 0 Å². The van der Waals surface area contributed by atoms with E-state index in [0.29, 0.717) is 0 Å². The van der Waals surface area contributed by atoms with Crippen LogP contribution in [0.15, 0.2) is 78.9 Å². The number of rotatable bonds is 3. The summed E-state index contributed by atoms with van der Waals surface area (Å²) in [5.74, 6) is 14.3. The summed E-state index contributed by atoms with van der Waals surface area (Å²) in [4.78, 5) is 4.22. The SMILES string of the molecule is CN(C)c1ccc(C#Cc2c3c(c(C#Cc4ccc(N(C)C)cc4)p2-c2ccccc2)CCC3)cc1. The van der Waals surface area contributed by atoms with Gasteiger partial charge in [0.05, 0.1) is 10.6 Å². The summed E-state index contributed by atoms with van der Waals surface area (Å²) in [6.45, 7) is 0. The average Bonchev–Trinajstić information content (AvgIpc) is 3.48. The van der Waals surface area contributed by atoms with Crippen molar-refractivity contribution in [1.82, 2.24) is 0 Å². The highest BCUT2D eigenvalue weighted by molar-refractivity contribution is 7.59. The molecule has 2 nitrogen and oxygen atoms in total. The second kappa shape index (κ2) is 10.4. The third kappa shape index (κ3) is 4.93. The zero-order chi connectivity index (χ0) is 25.1. The van der Waals surface area contributed by atoms with Gasteiger partial charge >= 0.3 is 0 Å². The first-order valence-electron chi connectivity index (χ1n) is 12.4. The zero-order valence-corrected chi connectivity index (χ0v) is 22.4. The Morgan fingerprint density at radius 1 is 0.556 bits per heavy atom. The molecule has 3 heteroatoms. The van der Waals surface area contributed by atoms with Gasteiger partial charge < -0.3 is 9.80 Å². The molecule has 0 unspecified atom stereocenters. The molecule has 0 fully saturated rings. The zero-order valence-electron chi connectivity index (χ0n) is 21.5. The first-order chi connectivity index (χ1) is 17.5. The van der Waals surface area contributed by atoms with Crippen molar-refractivity contribution >= 4 is 18.9 Å². The van der Waals surface area contributed by atoms with Gasteiger partial charge in [-0.2, -0.15) is 0 Å². The summed E-state index contributed by atoms with van der Waals surface area (Å²) in [5, 5.41) is 3.93. The summed E-state index contributed by atoms with van der Waals surface area (Å²) in [6, 6.07) is 27.9. The fourth-order valence-electron chi connectivity index (χ4n) is 4.69. The number of hydrogen-bond acceptors (Lipinski definition) is 2. The molecule has 0 aliphatic heterocycles. The molecule has 0 amide bonds. The summed E-state index contributed by atoms with van der Waals surface area (Å²) < 4.78 is 0. The quantitative estimate of drug-likeness (QED) is 0.286. The fraction of sp³-hybridized carbons (Fsp3) is 0.212. The lowest BCUT2D eigenvalue weighted by molar-refractivity contribution is 0.910. The van der Waals surface area contributed by atoms with Crippen molar-refractivity contribution in [3.8, 4) is 29.0 Å². The van der Waals surface area contributed by atoms with Crippen LogP contribution in [0.2, 0.25) is 0 Å². The molecule has 1 aliphatic rings. The maximum absolute atomic E-state index is 3.64. The molecule has 0 bridgehead atoms. The monoisotopic (exact) mass is 486 g/mol. The number of anilines is 2. The third-order valence-corrected chi connectivity index (χ3v) is 9.14. The van der Waals surface area contributed by atoms with Crippen LogP contribution in [-0.4, -0.2) is 28.2 Å². The largest absolute Gasteiger partial charge is 0.378 e. The Bertz CT molecular complexity index is 1390. The van der Waals surface area contributed by atoms with E-state index in [9.17, 15) is 0 Å². The Labute approximate surface area is 216 Å². The molecule has 1 aliphatic carbocycles. The van der Waals surface area contributed by atoms with Crippen molar-refractivity contribution in [1.29, 1.82) is 0 Å². The molecule has 4 aromatic rings. The molecule has 0 radical (unpaired) electrons. The predicted octanol–water partition coefficient (Wildman–Crippen LogP) is 7.08. The molecular formula is C33H31N2P. The van der Waals surface area contributed by atoms with Crippen molar-refractivity contribution in [3.05, 3.63) is 112 Å². The molecule has 178 valence electrons. The van der Waals surface area contributed by atoms with Crippen LogP contribution in [0.5, 0.6) is 0 Å². The van der Waals surface area contributed by atoms with Gasteiger partial charge in [0.1, 0.15) is 0 Å². The topological polar surface area (TPSA) is 6.48 Å². The van der Waals surface area contributed by atoms with Crippen LogP contribution >= 0.6 is 7.53 Å². The van der Waals surface area contributed by atoms with Gasteiger partial charge in [-0.15, -0.1) is 0 Å². The Hall–Kier alpha value is -3.84. The second-order valence-electron chi connectivity index (χ2n) is 9.56. The molecule has 0 atom stereocenters. The van der Waals surface area contributed by atoms with E-state index < -0.39 is 7.53 Å².